The summed E-state index contributed by atoms with van der Waals surface area (Å²) in [6.45, 7) is 0.752. The van der Waals surface area contributed by atoms with Crippen molar-refractivity contribution in [2.24, 2.45) is 5.10 Å². The summed E-state index contributed by atoms with van der Waals surface area (Å²) in [4.78, 5) is 12.3. The summed E-state index contributed by atoms with van der Waals surface area (Å²) >= 11 is 12.0. The molecule has 1 N–H and O–H groups in total. The number of hydrogen-bond donors (Lipinski definition) is 1. The first-order valence-electron chi connectivity index (χ1n) is 9.02. The average molecular weight is 422 g/mol. The second kappa shape index (κ2) is 8.52. The Bertz CT molecular complexity index is 1200. The molecule has 0 spiro atoms. The molecule has 0 radical (unpaired) electrons. The van der Waals surface area contributed by atoms with E-state index in [9.17, 15) is 4.79 Å². The standard InChI is InChI=1S/C23H17Cl2N3O/c24-18-10-11-20(21(25)12-18)23(29)27-26-13-17-15-28(14-16-6-2-1-3-7-16)22-9-5-4-8-19(17)22/h1-13,15H,14H2,(H,27,29). The number of aromatic nitrogens is 1. The molecule has 0 aliphatic heterocycles. The van der Waals surface area contributed by atoms with E-state index in [0.717, 1.165) is 23.0 Å². The SMILES string of the molecule is O=C(NN=Cc1cn(Cc2ccccc2)c2ccccc12)c1ccc(Cl)cc1Cl. The van der Waals surface area contributed by atoms with E-state index in [2.05, 4.69) is 33.3 Å². The van der Waals surface area contributed by atoms with Gasteiger partial charge >= 0.3 is 0 Å². The number of fused-ring (bicyclic) bond motifs is 1. The third-order valence-electron chi connectivity index (χ3n) is 4.56. The number of nitrogens with zero attached hydrogens (tertiary/aromatic N) is 2. The molecule has 0 aliphatic rings. The molecule has 1 amide bonds. The number of carbonyl (C=O) groups is 1. The zero-order chi connectivity index (χ0) is 20.2. The molecule has 0 saturated heterocycles. The minimum Gasteiger partial charge on any atom is -0.342 e. The largest absolute Gasteiger partial charge is 0.342 e. The summed E-state index contributed by atoms with van der Waals surface area (Å²) in [5, 5.41) is 5.94. The van der Waals surface area contributed by atoms with Gasteiger partial charge < -0.3 is 4.57 Å². The lowest BCUT2D eigenvalue weighted by Gasteiger charge is -2.05. The van der Waals surface area contributed by atoms with Crippen LogP contribution < -0.4 is 5.43 Å². The van der Waals surface area contributed by atoms with E-state index in [1.54, 1.807) is 18.3 Å². The van der Waals surface area contributed by atoms with E-state index in [-0.39, 0.29) is 5.02 Å². The van der Waals surface area contributed by atoms with Crippen LogP contribution in [0, 0.1) is 0 Å². The van der Waals surface area contributed by atoms with Crippen molar-refractivity contribution in [3.63, 3.8) is 0 Å². The van der Waals surface area contributed by atoms with E-state index in [1.165, 1.54) is 11.6 Å². The predicted molar refractivity (Wildman–Crippen MR) is 119 cm³/mol. The Labute approximate surface area is 178 Å². The molecule has 4 nitrogen and oxygen atoms in total. The van der Waals surface area contributed by atoms with Gasteiger partial charge in [-0.05, 0) is 29.8 Å². The average Bonchev–Trinajstić information content (AvgIpc) is 3.06. The van der Waals surface area contributed by atoms with Gasteiger partial charge in [0.1, 0.15) is 0 Å². The number of hydrazone groups is 1. The Hall–Kier alpha value is -3.08. The minimum absolute atomic E-state index is 0.282. The van der Waals surface area contributed by atoms with Crippen LogP contribution in [-0.2, 0) is 6.54 Å². The highest BCUT2D eigenvalue weighted by atomic mass is 35.5. The van der Waals surface area contributed by atoms with Gasteiger partial charge in [0.25, 0.3) is 5.91 Å². The molecule has 0 unspecified atom stereocenters. The first-order chi connectivity index (χ1) is 14.1. The van der Waals surface area contributed by atoms with Crippen LogP contribution in [0.4, 0.5) is 0 Å². The van der Waals surface area contributed by atoms with Gasteiger partial charge in [-0.25, -0.2) is 5.43 Å². The molecule has 4 rings (SSSR count). The third-order valence-corrected chi connectivity index (χ3v) is 5.11. The molecule has 0 atom stereocenters. The van der Waals surface area contributed by atoms with Crippen LogP contribution in [-0.4, -0.2) is 16.7 Å². The number of benzene rings is 3. The van der Waals surface area contributed by atoms with Crippen LogP contribution >= 0.6 is 23.2 Å². The molecule has 29 heavy (non-hydrogen) atoms. The number of carbonyl (C=O) groups excluding carboxylic acids is 1. The lowest BCUT2D eigenvalue weighted by molar-refractivity contribution is 0.0955. The van der Waals surface area contributed by atoms with Gasteiger partial charge in [0.2, 0.25) is 0 Å². The quantitative estimate of drug-likeness (QED) is 0.323. The van der Waals surface area contributed by atoms with Gasteiger partial charge in [0.05, 0.1) is 16.8 Å². The number of halogens is 2. The van der Waals surface area contributed by atoms with Crippen molar-refractivity contribution in [1.82, 2.24) is 9.99 Å². The van der Waals surface area contributed by atoms with Crippen molar-refractivity contribution in [2.75, 3.05) is 0 Å². The number of nitrogens with one attached hydrogen (secondary N) is 1. The molecule has 0 bridgehead atoms. The fourth-order valence-corrected chi connectivity index (χ4v) is 3.68. The molecule has 1 aromatic heterocycles. The summed E-state index contributed by atoms with van der Waals surface area (Å²) in [5.74, 6) is -0.393. The van der Waals surface area contributed by atoms with Crippen LogP contribution in [0.3, 0.4) is 0 Å². The van der Waals surface area contributed by atoms with Crippen LogP contribution in [0.2, 0.25) is 10.0 Å². The smallest absolute Gasteiger partial charge is 0.272 e. The minimum atomic E-state index is -0.393. The number of hydrogen-bond acceptors (Lipinski definition) is 2. The first-order valence-corrected chi connectivity index (χ1v) is 9.77. The topological polar surface area (TPSA) is 46.4 Å². The first kappa shape index (κ1) is 19.2. The maximum atomic E-state index is 12.3. The van der Waals surface area contributed by atoms with Gasteiger partial charge in [0, 0.05) is 34.2 Å². The predicted octanol–water partition coefficient (Wildman–Crippen LogP) is 5.76. The lowest BCUT2D eigenvalue weighted by atomic mass is 10.2. The second-order valence-corrected chi connectivity index (χ2v) is 7.38. The Morgan fingerprint density at radius 3 is 2.55 bits per heavy atom. The monoisotopic (exact) mass is 421 g/mol. The molecular formula is C23H17Cl2N3O. The molecule has 0 fully saturated rings. The van der Waals surface area contributed by atoms with Crippen LogP contribution in [0.15, 0.2) is 84.1 Å². The van der Waals surface area contributed by atoms with E-state index in [0.29, 0.717) is 10.6 Å². The Morgan fingerprint density at radius 1 is 1.00 bits per heavy atom. The molecule has 1 heterocycles. The fraction of sp³-hybridized carbons (Fsp3) is 0.0435. The Balaban J connectivity index is 1.57. The fourth-order valence-electron chi connectivity index (χ4n) is 3.18. The summed E-state index contributed by atoms with van der Waals surface area (Å²) < 4.78 is 2.17. The zero-order valence-corrected chi connectivity index (χ0v) is 16.9. The lowest BCUT2D eigenvalue weighted by Crippen LogP contribution is -2.18. The van der Waals surface area contributed by atoms with Crippen molar-refractivity contribution in [2.45, 2.75) is 6.54 Å². The van der Waals surface area contributed by atoms with E-state index >= 15 is 0 Å². The molecular weight excluding hydrogens is 405 g/mol. The Kier molecular flexibility index (Phi) is 5.65. The highest BCUT2D eigenvalue weighted by Crippen LogP contribution is 2.22. The summed E-state index contributed by atoms with van der Waals surface area (Å²) in [7, 11) is 0. The normalized spacial score (nSPS) is 11.2. The molecule has 144 valence electrons. The number of rotatable bonds is 5. The maximum absolute atomic E-state index is 12.3. The molecule has 6 heteroatoms. The van der Waals surface area contributed by atoms with Gasteiger partial charge in [-0.2, -0.15) is 5.10 Å². The molecule has 3 aromatic carbocycles. The number of amides is 1. The van der Waals surface area contributed by atoms with E-state index in [4.69, 9.17) is 23.2 Å². The van der Waals surface area contributed by atoms with Crippen molar-refractivity contribution < 1.29 is 4.79 Å². The van der Waals surface area contributed by atoms with Gasteiger partial charge in [-0.3, -0.25) is 4.79 Å². The van der Waals surface area contributed by atoms with Crippen LogP contribution in [0.5, 0.6) is 0 Å². The van der Waals surface area contributed by atoms with Gasteiger partial charge in [-0.15, -0.1) is 0 Å². The van der Waals surface area contributed by atoms with Crippen molar-refractivity contribution in [1.29, 1.82) is 0 Å². The maximum Gasteiger partial charge on any atom is 0.272 e. The van der Waals surface area contributed by atoms with E-state index < -0.39 is 5.91 Å². The Morgan fingerprint density at radius 2 is 1.76 bits per heavy atom. The summed E-state index contributed by atoms with van der Waals surface area (Å²) in [5.41, 5.74) is 6.07. The molecule has 0 saturated carbocycles. The summed E-state index contributed by atoms with van der Waals surface area (Å²) in [6.07, 6.45) is 3.67. The molecule has 0 aliphatic carbocycles. The van der Waals surface area contributed by atoms with Gasteiger partial charge in [0.15, 0.2) is 0 Å². The second-order valence-electron chi connectivity index (χ2n) is 6.54. The highest BCUT2D eigenvalue weighted by Gasteiger charge is 2.10. The van der Waals surface area contributed by atoms with Crippen molar-refractivity contribution in [3.05, 3.63) is 106 Å². The molecule has 4 aromatic rings. The van der Waals surface area contributed by atoms with Crippen LogP contribution in [0.1, 0.15) is 21.5 Å². The van der Waals surface area contributed by atoms with E-state index in [1.807, 2.05) is 42.6 Å². The number of para-hydroxylation sites is 1. The van der Waals surface area contributed by atoms with Crippen molar-refractivity contribution >= 4 is 46.2 Å². The zero-order valence-electron chi connectivity index (χ0n) is 15.3. The van der Waals surface area contributed by atoms with Crippen molar-refractivity contribution in [3.8, 4) is 0 Å². The highest BCUT2D eigenvalue weighted by molar-refractivity contribution is 6.36. The third kappa shape index (κ3) is 4.34. The van der Waals surface area contributed by atoms with Gasteiger partial charge in [-0.1, -0.05) is 71.7 Å². The summed E-state index contributed by atoms with van der Waals surface area (Å²) in [6, 6.07) is 23.1. The van der Waals surface area contributed by atoms with Crippen LogP contribution in [0.25, 0.3) is 10.9 Å².